The van der Waals surface area contributed by atoms with Crippen molar-refractivity contribution in [3.63, 3.8) is 0 Å². The van der Waals surface area contributed by atoms with E-state index in [0.29, 0.717) is 6.61 Å². The molecule has 130 valence electrons. The number of anilines is 1. The number of ether oxygens (including phenoxy) is 1. The smallest absolute Gasteiger partial charge is 0.129 e. The van der Waals surface area contributed by atoms with Crippen molar-refractivity contribution in [3.8, 4) is 11.1 Å². The van der Waals surface area contributed by atoms with Gasteiger partial charge in [0.2, 0.25) is 0 Å². The number of pyridine rings is 1. The minimum atomic E-state index is -0.215. The lowest BCUT2D eigenvalue weighted by Crippen LogP contribution is -2.44. The van der Waals surface area contributed by atoms with Gasteiger partial charge in [0.15, 0.2) is 0 Å². The second-order valence-electron chi connectivity index (χ2n) is 6.40. The fourth-order valence-corrected chi connectivity index (χ4v) is 3.31. The molecule has 3 heterocycles. The Kier molecular flexibility index (Phi) is 4.76. The quantitative estimate of drug-likeness (QED) is 0.932. The van der Waals surface area contributed by atoms with E-state index in [4.69, 9.17) is 9.72 Å². The van der Waals surface area contributed by atoms with Crippen molar-refractivity contribution < 1.29 is 9.13 Å². The van der Waals surface area contributed by atoms with E-state index in [1.165, 1.54) is 17.7 Å². The highest BCUT2D eigenvalue weighted by Gasteiger charge is 2.16. The van der Waals surface area contributed by atoms with Crippen LogP contribution in [0.3, 0.4) is 0 Å². The summed E-state index contributed by atoms with van der Waals surface area (Å²) in [5.41, 5.74) is 4.31. The van der Waals surface area contributed by atoms with Crippen LogP contribution in [-0.4, -0.2) is 44.4 Å². The first-order valence-electron chi connectivity index (χ1n) is 8.80. The summed E-state index contributed by atoms with van der Waals surface area (Å²) in [7, 11) is 0. The van der Waals surface area contributed by atoms with E-state index in [2.05, 4.69) is 28.4 Å². The van der Waals surface area contributed by atoms with Crippen molar-refractivity contribution in [1.82, 2.24) is 10.3 Å². The van der Waals surface area contributed by atoms with Crippen LogP contribution in [0, 0.1) is 5.82 Å². The van der Waals surface area contributed by atoms with Gasteiger partial charge in [0.05, 0.1) is 18.9 Å². The molecule has 0 amide bonds. The van der Waals surface area contributed by atoms with Crippen LogP contribution in [0.5, 0.6) is 0 Å². The average Bonchev–Trinajstić information content (AvgIpc) is 2.69. The predicted octanol–water partition coefficient (Wildman–Crippen LogP) is 3.10. The fourth-order valence-electron chi connectivity index (χ4n) is 3.31. The minimum Gasteiger partial charge on any atom is -0.377 e. The number of hydrogen-bond acceptors (Lipinski definition) is 4. The molecule has 1 fully saturated rings. The number of halogens is 1. The molecule has 0 unspecified atom stereocenters. The SMILES string of the molecule is Fc1ccc(-c2cc(C3=CCOCC3)nc(N3CCNCC3)c2)cc1. The summed E-state index contributed by atoms with van der Waals surface area (Å²) in [4.78, 5) is 7.24. The third-order valence-corrected chi connectivity index (χ3v) is 4.72. The van der Waals surface area contributed by atoms with Crippen molar-refractivity contribution in [3.05, 3.63) is 54.0 Å². The molecule has 0 radical (unpaired) electrons. The van der Waals surface area contributed by atoms with E-state index in [0.717, 1.165) is 61.8 Å². The Morgan fingerprint density at radius 2 is 1.84 bits per heavy atom. The summed E-state index contributed by atoms with van der Waals surface area (Å²) < 4.78 is 18.7. The van der Waals surface area contributed by atoms with E-state index in [1.54, 1.807) is 0 Å². The summed E-state index contributed by atoms with van der Waals surface area (Å²) >= 11 is 0. The Labute approximate surface area is 147 Å². The number of hydrogen-bond donors (Lipinski definition) is 1. The molecular formula is C20H22FN3O. The molecule has 0 atom stereocenters. The van der Waals surface area contributed by atoms with Crippen molar-refractivity contribution in [2.75, 3.05) is 44.3 Å². The lowest BCUT2D eigenvalue weighted by atomic mass is 10.0. The molecule has 4 rings (SSSR count). The number of nitrogens with zero attached hydrogens (tertiary/aromatic N) is 2. The Balaban J connectivity index is 1.76. The zero-order valence-electron chi connectivity index (χ0n) is 14.2. The maximum atomic E-state index is 13.3. The van der Waals surface area contributed by atoms with Crippen LogP contribution >= 0.6 is 0 Å². The van der Waals surface area contributed by atoms with Crippen LogP contribution in [-0.2, 0) is 4.74 Å². The summed E-state index contributed by atoms with van der Waals surface area (Å²) in [5, 5.41) is 3.38. The number of rotatable bonds is 3. The summed E-state index contributed by atoms with van der Waals surface area (Å²) in [5.74, 6) is 0.776. The first-order valence-corrected chi connectivity index (χ1v) is 8.80. The Morgan fingerprint density at radius 1 is 1.04 bits per heavy atom. The fraction of sp³-hybridized carbons (Fsp3) is 0.350. The molecule has 2 aromatic rings. The predicted molar refractivity (Wildman–Crippen MR) is 98.1 cm³/mol. The Bertz CT molecular complexity index is 767. The standard InChI is InChI=1S/C20H22FN3O/c21-18-3-1-15(2-4-18)17-13-19(16-5-11-25-12-6-16)23-20(14-17)24-9-7-22-8-10-24/h1-5,13-14,22H,6-12H2. The topological polar surface area (TPSA) is 37.4 Å². The third-order valence-electron chi connectivity index (χ3n) is 4.72. The highest BCUT2D eigenvalue weighted by molar-refractivity contribution is 5.74. The maximum absolute atomic E-state index is 13.3. The lowest BCUT2D eigenvalue weighted by molar-refractivity contribution is 0.161. The Morgan fingerprint density at radius 3 is 2.56 bits per heavy atom. The maximum Gasteiger partial charge on any atom is 0.129 e. The molecule has 0 saturated carbocycles. The van der Waals surface area contributed by atoms with Gasteiger partial charge in [-0.15, -0.1) is 0 Å². The van der Waals surface area contributed by atoms with Crippen LogP contribution in [0.4, 0.5) is 10.2 Å². The number of benzene rings is 1. The van der Waals surface area contributed by atoms with Gasteiger partial charge in [-0.2, -0.15) is 0 Å². The first kappa shape index (κ1) is 16.2. The monoisotopic (exact) mass is 339 g/mol. The summed E-state index contributed by atoms with van der Waals surface area (Å²) in [6.07, 6.45) is 2.99. The van der Waals surface area contributed by atoms with Gasteiger partial charge in [-0.25, -0.2) is 9.37 Å². The van der Waals surface area contributed by atoms with Gasteiger partial charge in [0, 0.05) is 26.2 Å². The van der Waals surface area contributed by atoms with Crippen molar-refractivity contribution in [1.29, 1.82) is 0 Å². The van der Waals surface area contributed by atoms with Crippen LogP contribution < -0.4 is 10.2 Å². The van der Waals surface area contributed by atoms with Gasteiger partial charge in [-0.3, -0.25) is 0 Å². The number of nitrogens with one attached hydrogen (secondary N) is 1. The molecule has 2 aliphatic heterocycles. The molecule has 5 heteroatoms. The average molecular weight is 339 g/mol. The first-order chi connectivity index (χ1) is 12.3. The number of piperazine rings is 1. The van der Waals surface area contributed by atoms with Gasteiger partial charge in [0.1, 0.15) is 11.6 Å². The normalized spacial score (nSPS) is 18.1. The van der Waals surface area contributed by atoms with Gasteiger partial charge >= 0.3 is 0 Å². The third kappa shape index (κ3) is 3.72. The molecule has 1 aromatic carbocycles. The zero-order valence-corrected chi connectivity index (χ0v) is 14.2. The van der Waals surface area contributed by atoms with Crippen molar-refractivity contribution in [2.24, 2.45) is 0 Å². The Hall–Kier alpha value is -2.24. The molecule has 4 nitrogen and oxygen atoms in total. The molecule has 0 bridgehead atoms. The van der Waals surface area contributed by atoms with Crippen LogP contribution in [0.2, 0.25) is 0 Å². The van der Waals surface area contributed by atoms with Gasteiger partial charge in [0.25, 0.3) is 0 Å². The van der Waals surface area contributed by atoms with E-state index < -0.39 is 0 Å². The molecule has 1 N–H and O–H groups in total. The van der Waals surface area contributed by atoms with Crippen LogP contribution in [0.15, 0.2) is 42.5 Å². The molecule has 1 saturated heterocycles. The van der Waals surface area contributed by atoms with Crippen LogP contribution in [0.1, 0.15) is 12.1 Å². The second kappa shape index (κ2) is 7.33. The van der Waals surface area contributed by atoms with E-state index >= 15 is 0 Å². The van der Waals surface area contributed by atoms with Gasteiger partial charge in [-0.1, -0.05) is 18.2 Å². The molecule has 1 aromatic heterocycles. The summed E-state index contributed by atoms with van der Waals surface area (Å²) in [6.45, 7) is 5.20. The second-order valence-corrected chi connectivity index (χ2v) is 6.40. The van der Waals surface area contributed by atoms with Crippen molar-refractivity contribution in [2.45, 2.75) is 6.42 Å². The van der Waals surface area contributed by atoms with E-state index in [1.807, 2.05) is 12.1 Å². The summed E-state index contributed by atoms with van der Waals surface area (Å²) in [6, 6.07) is 10.9. The van der Waals surface area contributed by atoms with Crippen LogP contribution in [0.25, 0.3) is 16.7 Å². The van der Waals surface area contributed by atoms with E-state index in [-0.39, 0.29) is 5.82 Å². The van der Waals surface area contributed by atoms with E-state index in [9.17, 15) is 4.39 Å². The minimum absolute atomic E-state index is 0.215. The number of aromatic nitrogens is 1. The lowest BCUT2D eigenvalue weighted by Gasteiger charge is -2.29. The highest BCUT2D eigenvalue weighted by atomic mass is 19.1. The van der Waals surface area contributed by atoms with Gasteiger partial charge in [-0.05, 0) is 47.4 Å². The molecule has 25 heavy (non-hydrogen) atoms. The van der Waals surface area contributed by atoms with Gasteiger partial charge < -0.3 is 15.0 Å². The largest absolute Gasteiger partial charge is 0.377 e. The molecule has 0 spiro atoms. The molecule has 0 aliphatic carbocycles. The molecule has 2 aliphatic rings. The zero-order chi connectivity index (χ0) is 17.1. The highest BCUT2D eigenvalue weighted by Crippen LogP contribution is 2.29. The van der Waals surface area contributed by atoms with Crippen molar-refractivity contribution >= 4 is 11.4 Å². The molecular weight excluding hydrogens is 317 g/mol.